The van der Waals surface area contributed by atoms with Gasteiger partial charge in [-0.05, 0) is 61.4 Å². The smallest absolute Gasteiger partial charge is 0.301 e. The average Bonchev–Trinajstić information content (AvgIpc) is 3.33. The predicted molar refractivity (Wildman–Crippen MR) is 132 cm³/mol. The Bertz CT molecular complexity index is 1510. The molecule has 1 aliphatic heterocycles. The fourth-order valence-corrected chi connectivity index (χ4v) is 5.38. The van der Waals surface area contributed by atoms with Crippen molar-refractivity contribution in [1.29, 1.82) is 0 Å². The van der Waals surface area contributed by atoms with Gasteiger partial charge in [0, 0.05) is 10.6 Å². The Morgan fingerprint density at radius 1 is 1.06 bits per heavy atom. The summed E-state index contributed by atoms with van der Waals surface area (Å²) in [6, 6.07) is 15.2. The van der Waals surface area contributed by atoms with E-state index in [1.807, 2.05) is 26.0 Å². The zero-order chi connectivity index (χ0) is 24.1. The van der Waals surface area contributed by atoms with E-state index in [0.29, 0.717) is 21.7 Å². The minimum atomic E-state index is -0.975. The normalized spacial score (nSPS) is 17.6. The van der Waals surface area contributed by atoms with Gasteiger partial charge in [0.2, 0.25) is 0 Å². The van der Waals surface area contributed by atoms with Crippen LogP contribution >= 0.6 is 22.9 Å². The zero-order valence-corrected chi connectivity index (χ0v) is 19.7. The molecule has 0 aliphatic carbocycles. The molecule has 1 aromatic heterocycles. The van der Waals surface area contributed by atoms with Gasteiger partial charge in [0.25, 0.3) is 5.78 Å². The maximum atomic E-state index is 13.7. The van der Waals surface area contributed by atoms with Gasteiger partial charge in [-0.15, -0.1) is 0 Å². The number of ketones is 1. The third kappa shape index (κ3) is 3.67. The number of carbonyl (C=O) groups excluding carboxylic acids is 2. The molecule has 1 amide bonds. The molecule has 1 unspecified atom stereocenters. The van der Waals surface area contributed by atoms with E-state index in [0.717, 1.165) is 15.8 Å². The molecule has 1 atom stereocenters. The second-order valence-electron chi connectivity index (χ2n) is 8.15. The Kier molecular flexibility index (Phi) is 5.46. The molecule has 2 heterocycles. The number of thiazole rings is 1. The van der Waals surface area contributed by atoms with Crippen LogP contribution in [0.15, 0.2) is 66.2 Å². The van der Waals surface area contributed by atoms with Crippen molar-refractivity contribution in [3.63, 3.8) is 0 Å². The Labute approximate surface area is 203 Å². The molecule has 1 fully saturated rings. The first-order chi connectivity index (χ1) is 16.2. The number of Topliss-reactive ketones (excluding diaryl/α,β-unsaturated/α-hetero) is 1. The minimum Gasteiger partial charge on any atom is -0.507 e. The first kappa shape index (κ1) is 22.3. The van der Waals surface area contributed by atoms with Gasteiger partial charge in [-0.1, -0.05) is 52.8 Å². The van der Waals surface area contributed by atoms with Gasteiger partial charge in [-0.3, -0.25) is 14.5 Å². The third-order valence-corrected chi connectivity index (χ3v) is 7.08. The first-order valence-corrected chi connectivity index (χ1v) is 11.6. The van der Waals surface area contributed by atoms with E-state index >= 15 is 0 Å². The molecule has 0 radical (unpaired) electrons. The number of fused-ring (bicyclic) bond motifs is 1. The summed E-state index contributed by atoms with van der Waals surface area (Å²) in [6.07, 6.45) is 0. The van der Waals surface area contributed by atoms with Gasteiger partial charge < -0.3 is 5.11 Å². The van der Waals surface area contributed by atoms with E-state index in [1.54, 1.807) is 24.3 Å². The Morgan fingerprint density at radius 3 is 2.53 bits per heavy atom. The standard InChI is InChI=1S/C26H18ClFN2O3S/c1-13-3-4-14(2)18(11-13)23(31)21-22(15-5-8-17(28)9-6-15)30(25(33)24(21)32)26-29-19-10-7-16(27)12-20(19)34-26/h3-12,22,31H,1-2H3. The summed E-state index contributed by atoms with van der Waals surface area (Å²) in [4.78, 5) is 32.4. The Balaban J connectivity index is 1.76. The molecule has 4 aromatic rings. The number of aliphatic hydroxyl groups is 1. The summed E-state index contributed by atoms with van der Waals surface area (Å²) in [6.45, 7) is 3.69. The molecule has 5 rings (SSSR count). The van der Waals surface area contributed by atoms with Crippen LogP contribution in [0.1, 0.15) is 28.3 Å². The first-order valence-electron chi connectivity index (χ1n) is 10.4. The largest absolute Gasteiger partial charge is 0.507 e. The van der Waals surface area contributed by atoms with Crippen molar-refractivity contribution in [3.05, 3.63) is 99.3 Å². The lowest BCUT2D eigenvalue weighted by Gasteiger charge is -2.23. The van der Waals surface area contributed by atoms with Crippen LogP contribution in [-0.2, 0) is 9.59 Å². The average molecular weight is 493 g/mol. The second kappa shape index (κ2) is 8.34. The number of anilines is 1. The maximum Gasteiger partial charge on any atom is 0.301 e. The highest BCUT2D eigenvalue weighted by atomic mass is 35.5. The van der Waals surface area contributed by atoms with E-state index in [-0.39, 0.29) is 16.5 Å². The lowest BCUT2D eigenvalue weighted by molar-refractivity contribution is -0.132. The van der Waals surface area contributed by atoms with Crippen LogP contribution in [-0.4, -0.2) is 21.8 Å². The molecular weight excluding hydrogens is 475 g/mol. The predicted octanol–water partition coefficient (Wildman–Crippen LogP) is 6.33. The summed E-state index contributed by atoms with van der Waals surface area (Å²) >= 11 is 7.32. The minimum absolute atomic E-state index is 0.0670. The summed E-state index contributed by atoms with van der Waals surface area (Å²) in [5.41, 5.74) is 3.14. The van der Waals surface area contributed by atoms with Gasteiger partial charge >= 0.3 is 5.91 Å². The van der Waals surface area contributed by atoms with Crippen molar-refractivity contribution in [1.82, 2.24) is 4.98 Å². The van der Waals surface area contributed by atoms with Gasteiger partial charge in [0.1, 0.15) is 11.6 Å². The molecule has 170 valence electrons. The van der Waals surface area contributed by atoms with Crippen molar-refractivity contribution < 1.29 is 19.1 Å². The molecule has 8 heteroatoms. The van der Waals surface area contributed by atoms with Crippen molar-refractivity contribution in [3.8, 4) is 0 Å². The Hall–Kier alpha value is -3.55. The van der Waals surface area contributed by atoms with Gasteiger partial charge in [0.15, 0.2) is 5.13 Å². The lowest BCUT2D eigenvalue weighted by Crippen LogP contribution is -2.29. The highest BCUT2D eigenvalue weighted by molar-refractivity contribution is 7.22. The van der Waals surface area contributed by atoms with Gasteiger partial charge in [-0.2, -0.15) is 0 Å². The molecule has 3 aromatic carbocycles. The van der Waals surface area contributed by atoms with Crippen LogP contribution in [0.3, 0.4) is 0 Å². The van der Waals surface area contributed by atoms with E-state index in [9.17, 15) is 19.1 Å². The molecule has 5 nitrogen and oxygen atoms in total. The molecule has 34 heavy (non-hydrogen) atoms. The number of rotatable bonds is 3. The van der Waals surface area contributed by atoms with Crippen molar-refractivity contribution in [2.45, 2.75) is 19.9 Å². The molecule has 1 aliphatic rings. The SMILES string of the molecule is Cc1ccc(C)c(C(O)=C2C(=O)C(=O)N(c3nc4ccc(Cl)cc4s3)C2c2ccc(F)cc2)c1. The quantitative estimate of drug-likeness (QED) is 0.206. The number of aryl methyl sites for hydroxylation is 2. The summed E-state index contributed by atoms with van der Waals surface area (Å²) in [5, 5.41) is 12.1. The van der Waals surface area contributed by atoms with Crippen molar-refractivity contribution in [2.24, 2.45) is 0 Å². The van der Waals surface area contributed by atoms with Crippen LogP contribution in [0.5, 0.6) is 0 Å². The number of hydrogen-bond donors (Lipinski definition) is 1. The van der Waals surface area contributed by atoms with E-state index < -0.39 is 23.5 Å². The molecule has 1 saturated heterocycles. The number of halogens is 2. The summed E-state index contributed by atoms with van der Waals surface area (Å²) in [5.74, 6) is -2.37. The zero-order valence-electron chi connectivity index (χ0n) is 18.2. The maximum absolute atomic E-state index is 13.7. The molecular formula is C26H18ClFN2O3S. The molecule has 1 N–H and O–H groups in total. The highest BCUT2D eigenvalue weighted by Gasteiger charge is 2.48. The van der Waals surface area contributed by atoms with E-state index in [2.05, 4.69) is 4.98 Å². The number of aromatic nitrogens is 1. The van der Waals surface area contributed by atoms with Crippen LogP contribution in [0.25, 0.3) is 16.0 Å². The monoisotopic (exact) mass is 492 g/mol. The number of hydrogen-bond acceptors (Lipinski definition) is 5. The van der Waals surface area contributed by atoms with Crippen LogP contribution in [0.2, 0.25) is 5.02 Å². The fourth-order valence-electron chi connectivity index (χ4n) is 4.12. The molecule has 0 spiro atoms. The number of amides is 1. The number of benzene rings is 3. The summed E-state index contributed by atoms with van der Waals surface area (Å²) < 4.78 is 14.5. The van der Waals surface area contributed by atoms with Crippen LogP contribution < -0.4 is 4.90 Å². The molecule has 0 bridgehead atoms. The molecule has 0 saturated carbocycles. The number of carbonyl (C=O) groups is 2. The van der Waals surface area contributed by atoms with Crippen molar-refractivity contribution >= 4 is 55.7 Å². The second-order valence-corrected chi connectivity index (χ2v) is 9.59. The van der Waals surface area contributed by atoms with E-state index in [4.69, 9.17) is 11.6 Å². The van der Waals surface area contributed by atoms with Gasteiger partial charge in [0.05, 0.1) is 21.8 Å². The van der Waals surface area contributed by atoms with Crippen LogP contribution in [0, 0.1) is 19.7 Å². The van der Waals surface area contributed by atoms with E-state index in [1.165, 1.54) is 40.5 Å². The van der Waals surface area contributed by atoms with Gasteiger partial charge in [-0.25, -0.2) is 9.37 Å². The number of nitrogens with zero attached hydrogens (tertiary/aromatic N) is 2. The lowest BCUT2D eigenvalue weighted by atomic mass is 9.93. The highest BCUT2D eigenvalue weighted by Crippen LogP contribution is 2.44. The number of aliphatic hydroxyl groups excluding tert-OH is 1. The topological polar surface area (TPSA) is 70.5 Å². The summed E-state index contributed by atoms with van der Waals surface area (Å²) in [7, 11) is 0. The van der Waals surface area contributed by atoms with Crippen LogP contribution in [0.4, 0.5) is 9.52 Å². The third-order valence-electron chi connectivity index (χ3n) is 5.82. The van der Waals surface area contributed by atoms with Crippen molar-refractivity contribution in [2.75, 3.05) is 4.90 Å². The fraction of sp³-hybridized carbons (Fsp3) is 0.115. The Morgan fingerprint density at radius 2 is 1.79 bits per heavy atom.